The van der Waals surface area contributed by atoms with Gasteiger partial charge < -0.3 is 14.5 Å². The van der Waals surface area contributed by atoms with Crippen LogP contribution in [0.25, 0.3) is 0 Å². The topological polar surface area (TPSA) is 49.9 Å². The van der Waals surface area contributed by atoms with E-state index >= 15 is 0 Å². The largest absolute Gasteiger partial charge is 0.382 e. The Hall–Kier alpha value is -2.18. The lowest BCUT2D eigenvalue weighted by Crippen LogP contribution is -2.42. The van der Waals surface area contributed by atoms with Crippen molar-refractivity contribution in [2.75, 3.05) is 26.3 Å². The first-order valence-corrected chi connectivity index (χ1v) is 10.7. The molecule has 152 valence electrons. The number of carbonyl (C=O) groups excluding carboxylic acids is 2. The minimum atomic E-state index is -0.0320. The molecule has 0 unspecified atom stereocenters. The van der Waals surface area contributed by atoms with Crippen molar-refractivity contribution in [1.82, 2.24) is 9.80 Å². The second-order valence-corrected chi connectivity index (χ2v) is 7.57. The number of amides is 2. The minimum Gasteiger partial charge on any atom is -0.382 e. The molecule has 2 rings (SSSR count). The van der Waals surface area contributed by atoms with Crippen LogP contribution < -0.4 is 0 Å². The molecule has 0 fully saturated rings. The van der Waals surface area contributed by atoms with Crippen molar-refractivity contribution in [3.63, 3.8) is 0 Å². The monoisotopic (exact) mass is 402 g/mol. The van der Waals surface area contributed by atoms with Crippen molar-refractivity contribution >= 4 is 23.2 Å². The number of nitrogens with zero attached hydrogens (tertiary/aromatic N) is 2. The van der Waals surface area contributed by atoms with Gasteiger partial charge in [0.25, 0.3) is 0 Å². The molecule has 0 saturated carbocycles. The van der Waals surface area contributed by atoms with Crippen LogP contribution in [0.4, 0.5) is 0 Å². The summed E-state index contributed by atoms with van der Waals surface area (Å²) in [6, 6.07) is 14.0. The standard InChI is InChI=1S/C22H30N2O3S/c1-3-21(25)23(13-9-14-27-4-2)18-22(26)24(17-20-12-8-15-28-20)16-19-10-6-5-7-11-19/h5-8,10-12,15H,3-4,9,13-14,16-18H2,1-2H3. The number of rotatable bonds is 12. The maximum Gasteiger partial charge on any atom is 0.242 e. The highest BCUT2D eigenvalue weighted by molar-refractivity contribution is 7.09. The lowest BCUT2D eigenvalue weighted by molar-refractivity contribution is -0.141. The molecule has 0 aliphatic carbocycles. The molecule has 0 radical (unpaired) electrons. The van der Waals surface area contributed by atoms with Crippen molar-refractivity contribution in [3.8, 4) is 0 Å². The maximum atomic E-state index is 13.1. The highest BCUT2D eigenvalue weighted by atomic mass is 32.1. The number of ether oxygens (including phenoxy) is 1. The fraction of sp³-hybridized carbons (Fsp3) is 0.455. The molecule has 0 aliphatic heterocycles. The molecule has 1 aromatic heterocycles. The van der Waals surface area contributed by atoms with Crippen LogP contribution in [0.2, 0.25) is 0 Å². The van der Waals surface area contributed by atoms with Crippen molar-refractivity contribution in [2.24, 2.45) is 0 Å². The van der Waals surface area contributed by atoms with E-state index in [9.17, 15) is 9.59 Å². The lowest BCUT2D eigenvalue weighted by atomic mass is 10.2. The Bertz CT molecular complexity index is 704. The summed E-state index contributed by atoms with van der Waals surface area (Å²) in [5.41, 5.74) is 1.08. The second-order valence-electron chi connectivity index (χ2n) is 6.53. The number of hydrogen-bond acceptors (Lipinski definition) is 4. The van der Waals surface area contributed by atoms with Gasteiger partial charge in [0.15, 0.2) is 0 Å². The number of hydrogen-bond donors (Lipinski definition) is 0. The smallest absolute Gasteiger partial charge is 0.242 e. The van der Waals surface area contributed by atoms with Gasteiger partial charge in [-0.05, 0) is 30.4 Å². The summed E-state index contributed by atoms with van der Waals surface area (Å²) < 4.78 is 5.37. The van der Waals surface area contributed by atoms with Crippen LogP contribution in [0.1, 0.15) is 37.1 Å². The molecular weight excluding hydrogens is 372 g/mol. The maximum absolute atomic E-state index is 13.1. The van der Waals surface area contributed by atoms with Crippen LogP contribution in [-0.2, 0) is 27.4 Å². The van der Waals surface area contributed by atoms with Crippen LogP contribution in [0, 0.1) is 0 Å². The van der Waals surface area contributed by atoms with Gasteiger partial charge in [0.05, 0.1) is 13.1 Å². The molecular formula is C22H30N2O3S. The van der Waals surface area contributed by atoms with Gasteiger partial charge in [0.2, 0.25) is 11.8 Å². The van der Waals surface area contributed by atoms with Crippen LogP contribution in [0.15, 0.2) is 47.8 Å². The van der Waals surface area contributed by atoms with Crippen molar-refractivity contribution < 1.29 is 14.3 Å². The predicted molar refractivity (Wildman–Crippen MR) is 113 cm³/mol. The Balaban J connectivity index is 2.06. The Morgan fingerprint density at radius 2 is 1.75 bits per heavy atom. The summed E-state index contributed by atoms with van der Waals surface area (Å²) in [4.78, 5) is 30.1. The zero-order chi connectivity index (χ0) is 20.2. The van der Waals surface area contributed by atoms with E-state index in [0.717, 1.165) is 16.9 Å². The third-order valence-electron chi connectivity index (χ3n) is 4.40. The molecule has 0 N–H and O–H groups in total. The molecule has 0 atom stereocenters. The van der Waals surface area contributed by atoms with E-state index in [4.69, 9.17) is 4.74 Å². The first-order valence-electron chi connectivity index (χ1n) is 9.83. The molecule has 5 nitrogen and oxygen atoms in total. The van der Waals surface area contributed by atoms with E-state index in [0.29, 0.717) is 39.3 Å². The van der Waals surface area contributed by atoms with Gasteiger partial charge in [-0.2, -0.15) is 0 Å². The first kappa shape index (κ1) is 22.1. The molecule has 6 heteroatoms. The van der Waals surface area contributed by atoms with E-state index in [2.05, 4.69) is 0 Å². The molecule has 1 aromatic carbocycles. The van der Waals surface area contributed by atoms with Gasteiger partial charge in [-0.3, -0.25) is 9.59 Å². The van der Waals surface area contributed by atoms with E-state index in [1.165, 1.54) is 0 Å². The van der Waals surface area contributed by atoms with Gasteiger partial charge in [-0.1, -0.05) is 43.3 Å². The van der Waals surface area contributed by atoms with Gasteiger partial charge in [0, 0.05) is 37.6 Å². The van der Waals surface area contributed by atoms with Crippen LogP contribution in [0.5, 0.6) is 0 Å². The molecule has 1 heterocycles. The van der Waals surface area contributed by atoms with Gasteiger partial charge in [-0.15, -0.1) is 11.3 Å². The van der Waals surface area contributed by atoms with Crippen LogP contribution in [0.3, 0.4) is 0 Å². The molecule has 28 heavy (non-hydrogen) atoms. The third-order valence-corrected chi connectivity index (χ3v) is 5.26. The summed E-state index contributed by atoms with van der Waals surface area (Å²) in [5.74, 6) is -0.0314. The SMILES string of the molecule is CCOCCCN(CC(=O)N(Cc1ccccc1)Cc1cccs1)C(=O)CC. The zero-order valence-corrected chi connectivity index (χ0v) is 17.6. The molecule has 0 bridgehead atoms. The molecule has 2 amide bonds. The molecule has 0 aliphatic rings. The quantitative estimate of drug-likeness (QED) is 0.505. The van der Waals surface area contributed by atoms with E-state index in [-0.39, 0.29) is 18.4 Å². The average molecular weight is 403 g/mol. The highest BCUT2D eigenvalue weighted by Crippen LogP contribution is 2.15. The number of benzene rings is 1. The fourth-order valence-corrected chi connectivity index (χ4v) is 3.63. The van der Waals surface area contributed by atoms with E-state index < -0.39 is 0 Å². The van der Waals surface area contributed by atoms with E-state index in [1.807, 2.05) is 66.6 Å². The summed E-state index contributed by atoms with van der Waals surface area (Å²) in [6.07, 6.45) is 1.13. The van der Waals surface area contributed by atoms with Crippen LogP contribution >= 0.6 is 11.3 Å². The minimum absolute atomic E-state index is 0.000586. The van der Waals surface area contributed by atoms with Gasteiger partial charge in [0.1, 0.15) is 0 Å². The van der Waals surface area contributed by atoms with Crippen molar-refractivity contribution in [3.05, 3.63) is 58.3 Å². The predicted octanol–water partition coefficient (Wildman–Crippen LogP) is 3.94. The fourth-order valence-electron chi connectivity index (χ4n) is 2.91. The highest BCUT2D eigenvalue weighted by Gasteiger charge is 2.21. The Labute approximate surface area is 171 Å². The zero-order valence-electron chi connectivity index (χ0n) is 16.8. The van der Waals surface area contributed by atoms with Gasteiger partial charge >= 0.3 is 0 Å². The normalized spacial score (nSPS) is 10.6. The van der Waals surface area contributed by atoms with E-state index in [1.54, 1.807) is 16.2 Å². The first-order chi connectivity index (χ1) is 13.6. The molecule has 0 spiro atoms. The molecule has 2 aromatic rings. The van der Waals surface area contributed by atoms with Crippen molar-refractivity contribution in [1.29, 1.82) is 0 Å². The second kappa shape index (κ2) is 12.3. The number of carbonyl (C=O) groups is 2. The summed E-state index contributed by atoms with van der Waals surface area (Å²) in [7, 11) is 0. The third kappa shape index (κ3) is 7.44. The van der Waals surface area contributed by atoms with Gasteiger partial charge in [-0.25, -0.2) is 0 Å². The Morgan fingerprint density at radius 3 is 2.39 bits per heavy atom. The molecule has 0 saturated heterocycles. The van der Waals surface area contributed by atoms with Crippen molar-refractivity contribution in [2.45, 2.75) is 39.8 Å². The number of thiophene rings is 1. The van der Waals surface area contributed by atoms with Crippen LogP contribution in [-0.4, -0.2) is 47.9 Å². The average Bonchev–Trinajstić information content (AvgIpc) is 3.23. The summed E-state index contributed by atoms with van der Waals surface area (Å²) in [5, 5.41) is 2.02. The lowest BCUT2D eigenvalue weighted by Gasteiger charge is -2.27. The summed E-state index contributed by atoms with van der Waals surface area (Å²) >= 11 is 1.64. The Kier molecular flexibility index (Phi) is 9.72. The summed E-state index contributed by atoms with van der Waals surface area (Å²) in [6.45, 7) is 6.77. The Morgan fingerprint density at radius 1 is 0.964 bits per heavy atom.